The molecule has 1 saturated heterocycles. The zero-order valence-electron chi connectivity index (χ0n) is 14.8. The van der Waals surface area contributed by atoms with Gasteiger partial charge in [0.25, 0.3) is 0 Å². The second-order valence-electron chi connectivity index (χ2n) is 6.15. The molecule has 1 aliphatic heterocycles. The van der Waals surface area contributed by atoms with Crippen molar-refractivity contribution in [1.29, 1.82) is 0 Å². The summed E-state index contributed by atoms with van der Waals surface area (Å²) in [5, 5.41) is 0. The largest absolute Gasteiger partial charge is 0.497 e. The van der Waals surface area contributed by atoms with Crippen molar-refractivity contribution < 1.29 is 17.9 Å². The Labute approximate surface area is 153 Å². The van der Waals surface area contributed by atoms with Gasteiger partial charge >= 0.3 is 0 Å². The fourth-order valence-corrected chi connectivity index (χ4v) is 4.19. The van der Waals surface area contributed by atoms with Crippen LogP contribution < -0.4 is 14.4 Å². The Kier molecular flexibility index (Phi) is 5.29. The fourth-order valence-electron chi connectivity index (χ4n) is 2.97. The van der Waals surface area contributed by atoms with Crippen molar-refractivity contribution in [1.82, 2.24) is 4.72 Å². The summed E-state index contributed by atoms with van der Waals surface area (Å²) in [4.78, 5) is 14.4. The van der Waals surface area contributed by atoms with Crippen LogP contribution in [0.3, 0.4) is 0 Å². The number of nitrogens with one attached hydrogen (secondary N) is 1. The van der Waals surface area contributed by atoms with Crippen molar-refractivity contribution >= 4 is 21.6 Å². The Hall–Kier alpha value is -2.38. The van der Waals surface area contributed by atoms with Crippen molar-refractivity contribution in [2.24, 2.45) is 0 Å². The number of hydrogen-bond acceptors (Lipinski definition) is 4. The highest BCUT2D eigenvalue weighted by Gasteiger charge is 2.35. The molecule has 7 heteroatoms. The molecule has 1 fully saturated rings. The van der Waals surface area contributed by atoms with Gasteiger partial charge in [-0.3, -0.25) is 4.79 Å². The molecule has 1 heterocycles. The maximum Gasteiger partial charge on any atom is 0.245 e. The van der Waals surface area contributed by atoms with Crippen LogP contribution in [0.25, 0.3) is 0 Å². The Morgan fingerprint density at radius 2 is 1.77 bits per heavy atom. The standard InChI is InChI=1S/C19H22N2O4S/c1-3-14-4-10-17(11-5-14)26(23,24)20-18-12-13-21(19(18)22)15-6-8-16(25-2)9-7-15/h4-11,18,20H,3,12-13H2,1-2H3/t18-/m1/s1. The van der Waals surface area contributed by atoms with Gasteiger partial charge in [-0.05, 0) is 54.8 Å². The first-order valence-corrected chi connectivity index (χ1v) is 9.99. The quantitative estimate of drug-likeness (QED) is 0.842. The third-order valence-electron chi connectivity index (χ3n) is 4.53. The van der Waals surface area contributed by atoms with E-state index in [1.165, 1.54) is 0 Å². The molecule has 1 atom stereocenters. The number of benzene rings is 2. The van der Waals surface area contributed by atoms with Gasteiger partial charge in [0.05, 0.1) is 12.0 Å². The number of anilines is 1. The molecule has 2 aromatic carbocycles. The molecule has 0 saturated carbocycles. The van der Waals surface area contributed by atoms with E-state index in [0.717, 1.165) is 17.7 Å². The molecule has 0 spiro atoms. The van der Waals surface area contributed by atoms with E-state index in [9.17, 15) is 13.2 Å². The van der Waals surface area contributed by atoms with Gasteiger partial charge in [-0.2, -0.15) is 4.72 Å². The van der Waals surface area contributed by atoms with E-state index in [4.69, 9.17) is 4.74 Å². The van der Waals surface area contributed by atoms with Crippen LogP contribution in [0.4, 0.5) is 5.69 Å². The predicted molar refractivity (Wildman–Crippen MR) is 99.9 cm³/mol. The molecule has 138 valence electrons. The lowest BCUT2D eigenvalue weighted by Crippen LogP contribution is -2.41. The summed E-state index contributed by atoms with van der Waals surface area (Å²) >= 11 is 0. The lowest BCUT2D eigenvalue weighted by atomic mass is 10.2. The molecule has 0 aromatic heterocycles. The first-order chi connectivity index (χ1) is 12.4. The number of amides is 1. The fraction of sp³-hybridized carbons (Fsp3) is 0.316. The second kappa shape index (κ2) is 7.47. The first kappa shape index (κ1) is 18.4. The van der Waals surface area contributed by atoms with Crippen LogP contribution in [0.2, 0.25) is 0 Å². The van der Waals surface area contributed by atoms with Crippen LogP contribution in [0.5, 0.6) is 5.75 Å². The summed E-state index contributed by atoms with van der Waals surface area (Å²) in [5.41, 5.74) is 1.79. The van der Waals surface area contributed by atoms with Gasteiger partial charge in [0.1, 0.15) is 11.8 Å². The van der Waals surface area contributed by atoms with Crippen LogP contribution in [0.1, 0.15) is 18.9 Å². The topological polar surface area (TPSA) is 75.7 Å². The van der Waals surface area contributed by atoms with Crippen LogP contribution >= 0.6 is 0 Å². The molecule has 1 aliphatic rings. The zero-order valence-corrected chi connectivity index (χ0v) is 15.6. The Morgan fingerprint density at radius 1 is 1.12 bits per heavy atom. The number of carbonyl (C=O) groups is 1. The summed E-state index contributed by atoms with van der Waals surface area (Å²) in [6.07, 6.45) is 1.27. The molecule has 0 radical (unpaired) electrons. The predicted octanol–water partition coefficient (Wildman–Crippen LogP) is 2.34. The molecule has 6 nitrogen and oxygen atoms in total. The molecule has 26 heavy (non-hydrogen) atoms. The first-order valence-electron chi connectivity index (χ1n) is 8.51. The number of ether oxygens (including phenoxy) is 1. The molecule has 3 rings (SSSR count). The molecule has 0 aliphatic carbocycles. The van der Waals surface area contributed by atoms with E-state index in [-0.39, 0.29) is 10.8 Å². The zero-order chi connectivity index (χ0) is 18.7. The highest BCUT2D eigenvalue weighted by molar-refractivity contribution is 7.89. The molecule has 1 N–H and O–H groups in total. The number of sulfonamides is 1. The van der Waals surface area contributed by atoms with E-state index < -0.39 is 16.1 Å². The van der Waals surface area contributed by atoms with Crippen LogP contribution in [-0.2, 0) is 21.2 Å². The van der Waals surface area contributed by atoms with Crippen LogP contribution in [0.15, 0.2) is 53.4 Å². The van der Waals surface area contributed by atoms with Gasteiger partial charge < -0.3 is 9.64 Å². The third kappa shape index (κ3) is 3.73. The summed E-state index contributed by atoms with van der Waals surface area (Å²) in [6, 6.07) is 13.1. The third-order valence-corrected chi connectivity index (χ3v) is 6.02. The number of methoxy groups -OCH3 is 1. The van der Waals surface area contributed by atoms with Crippen LogP contribution in [0, 0.1) is 0 Å². The average Bonchev–Trinajstić information content (AvgIpc) is 3.01. The molecular formula is C19H22N2O4S. The Balaban J connectivity index is 1.72. The maximum absolute atomic E-state index is 12.6. The number of rotatable bonds is 6. The number of nitrogens with zero attached hydrogens (tertiary/aromatic N) is 1. The highest BCUT2D eigenvalue weighted by atomic mass is 32.2. The maximum atomic E-state index is 12.6. The minimum Gasteiger partial charge on any atom is -0.497 e. The summed E-state index contributed by atoms with van der Waals surface area (Å²) in [7, 11) is -2.16. The highest BCUT2D eigenvalue weighted by Crippen LogP contribution is 2.25. The second-order valence-corrected chi connectivity index (χ2v) is 7.86. The van der Waals surface area contributed by atoms with E-state index >= 15 is 0 Å². The summed E-state index contributed by atoms with van der Waals surface area (Å²) in [6.45, 7) is 2.47. The lowest BCUT2D eigenvalue weighted by molar-refractivity contribution is -0.118. The monoisotopic (exact) mass is 374 g/mol. The van der Waals surface area contributed by atoms with Crippen molar-refractivity contribution in [2.45, 2.75) is 30.7 Å². The van der Waals surface area contributed by atoms with Gasteiger partial charge in [-0.25, -0.2) is 8.42 Å². The van der Waals surface area contributed by atoms with E-state index in [1.54, 1.807) is 60.5 Å². The molecule has 0 unspecified atom stereocenters. The van der Waals surface area contributed by atoms with E-state index in [2.05, 4.69) is 4.72 Å². The van der Waals surface area contributed by atoms with Gasteiger partial charge in [0.15, 0.2) is 0 Å². The normalized spacial score (nSPS) is 17.5. The van der Waals surface area contributed by atoms with Gasteiger partial charge in [0, 0.05) is 12.2 Å². The van der Waals surface area contributed by atoms with Gasteiger partial charge in [-0.1, -0.05) is 19.1 Å². The minimum atomic E-state index is -3.74. The summed E-state index contributed by atoms with van der Waals surface area (Å²) < 4.78 is 32.8. The Morgan fingerprint density at radius 3 is 2.35 bits per heavy atom. The molecule has 2 aromatic rings. The average molecular weight is 374 g/mol. The number of aryl methyl sites for hydroxylation is 1. The van der Waals surface area contributed by atoms with Gasteiger partial charge in [0.2, 0.25) is 15.9 Å². The smallest absolute Gasteiger partial charge is 0.245 e. The molecule has 1 amide bonds. The minimum absolute atomic E-state index is 0.172. The lowest BCUT2D eigenvalue weighted by Gasteiger charge is -2.17. The molecule has 0 bridgehead atoms. The van der Waals surface area contributed by atoms with Gasteiger partial charge in [-0.15, -0.1) is 0 Å². The van der Waals surface area contributed by atoms with E-state index in [0.29, 0.717) is 18.7 Å². The summed E-state index contributed by atoms with van der Waals surface area (Å²) in [5.74, 6) is 0.456. The van der Waals surface area contributed by atoms with E-state index in [1.807, 2.05) is 6.92 Å². The van der Waals surface area contributed by atoms with Crippen LogP contribution in [-0.4, -0.2) is 34.0 Å². The van der Waals surface area contributed by atoms with Crippen molar-refractivity contribution in [3.63, 3.8) is 0 Å². The number of carbonyl (C=O) groups excluding carboxylic acids is 1. The number of hydrogen-bond donors (Lipinski definition) is 1. The van der Waals surface area contributed by atoms with Crippen molar-refractivity contribution in [2.75, 3.05) is 18.6 Å². The molecular weight excluding hydrogens is 352 g/mol. The SMILES string of the molecule is CCc1ccc(S(=O)(=O)N[C@@H]2CCN(c3ccc(OC)cc3)C2=O)cc1. The van der Waals surface area contributed by atoms with Crippen molar-refractivity contribution in [3.8, 4) is 5.75 Å². The Bertz CT molecular complexity index is 877. The van der Waals surface area contributed by atoms with Crippen molar-refractivity contribution in [3.05, 3.63) is 54.1 Å².